The number of urea groups is 1. The van der Waals surface area contributed by atoms with E-state index in [0.717, 1.165) is 0 Å². The number of hydrogen-bond acceptors (Lipinski definition) is 5. The fourth-order valence-corrected chi connectivity index (χ4v) is 2.42. The van der Waals surface area contributed by atoms with Crippen LogP contribution >= 0.6 is 0 Å². The summed E-state index contributed by atoms with van der Waals surface area (Å²) in [4.78, 5) is 18.1. The summed E-state index contributed by atoms with van der Waals surface area (Å²) in [6.07, 6.45) is 1.40. The number of aromatic nitrogens is 1. The first kappa shape index (κ1) is 18.1. The third kappa shape index (κ3) is 4.90. The highest BCUT2D eigenvalue weighted by Crippen LogP contribution is 2.27. The molecule has 2 aromatic rings. The molecule has 0 spiro atoms. The molecule has 0 radical (unpaired) electrons. The predicted octanol–water partition coefficient (Wildman–Crippen LogP) is 2.89. The molecule has 1 aliphatic rings. The molecule has 0 bridgehead atoms. The topological polar surface area (TPSA) is 72.9 Å². The minimum Gasteiger partial charge on any atom is -0.437 e. The van der Waals surface area contributed by atoms with Crippen LogP contribution < -0.4 is 10.1 Å². The van der Waals surface area contributed by atoms with Crippen LogP contribution in [-0.2, 0) is 9.47 Å². The summed E-state index contributed by atoms with van der Waals surface area (Å²) in [7, 11) is 1.67. The van der Waals surface area contributed by atoms with Gasteiger partial charge in [0, 0.05) is 13.2 Å². The van der Waals surface area contributed by atoms with E-state index >= 15 is 0 Å². The van der Waals surface area contributed by atoms with Gasteiger partial charge in [-0.3, -0.25) is 0 Å². The average Bonchev–Trinajstić information content (AvgIpc) is 2.66. The fourth-order valence-electron chi connectivity index (χ4n) is 2.42. The maximum atomic E-state index is 13.0. The second kappa shape index (κ2) is 8.59. The van der Waals surface area contributed by atoms with E-state index in [4.69, 9.17) is 14.2 Å². The summed E-state index contributed by atoms with van der Waals surface area (Å²) in [6.45, 7) is 1.97. The molecule has 3 rings (SSSR count). The van der Waals surface area contributed by atoms with Crippen molar-refractivity contribution in [1.82, 2.24) is 9.88 Å². The Morgan fingerprint density at radius 1 is 1.35 bits per heavy atom. The van der Waals surface area contributed by atoms with Crippen molar-refractivity contribution >= 4 is 11.7 Å². The Balaban J connectivity index is 1.63. The predicted molar refractivity (Wildman–Crippen MR) is 92.9 cm³/mol. The third-order valence-electron chi connectivity index (χ3n) is 3.75. The van der Waals surface area contributed by atoms with E-state index in [1.807, 2.05) is 0 Å². The summed E-state index contributed by atoms with van der Waals surface area (Å²) in [5.74, 6) is 0.280. The lowest BCUT2D eigenvalue weighted by Crippen LogP contribution is -2.42. The van der Waals surface area contributed by atoms with Crippen LogP contribution in [0, 0.1) is 5.82 Å². The number of nitrogens with one attached hydrogen (secondary N) is 1. The van der Waals surface area contributed by atoms with Crippen LogP contribution in [0.2, 0.25) is 0 Å². The molecule has 26 heavy (non-hydrogen) atoms. The maximum absolute atomic E-state index is 13.0. The molecule has 0 aliphatic carbocycles. The average molecular weight is 361 g/mol. The Morgan fingerprint density at radius 2 is 2.15 bits per heavy atom. The van der Waals surface area contributed by atoms with E-state index < -0.39 is 0 Å². The Kier molecular flexibility index (Phi) is 5.98. The summed E-state index contributed by atoms with van der Waals surface area (Å²) in [5, 5.41) is 2.76. The number of rotatable bonds is 5. The lowest BCUT2D eigenvalue weighted by atomic mass is 10.3. The van der Waals surface area contributed by atoms with Crippen molar-refractivity contribution in [1.29, 1.82) is 0 Å². The minimum atomic E-state index is -0.359. The van der Waals surface area contributed by atoms with Crippen LogP contribution in [-0.4, -0.2) is 55.4 Å². The molecule has 1 atom stereocenters. The Labute approximate surface area is 150 Å². The lowest BCUT2D eigenvalue weighted by Gasteiger charge is -2.27. The Bertz CT molecular complexity index is 735. The van der Waals surface area contributed by atoms with Crippen molar-refractivity contribution in [3.8, 4) is 11.6 Å². The molecule has 7 nitrogen and oxygen atoms in total. The summed E-state index contributed by atoms with van der Waals surface area (Å²) >= 11 is 0. The number of nitrogens with zero attached hydrogens (tertiary/aromatic N) is 2. The van der Waals surface area contributed by atoms with Gasteiger partial charge in [0.05, 0.1) is 32.5 Å². The normalized spacial score (nSPS) is 16.8. The molecule has 1 N–H and O–H groups in total. The van der Waals surface area contributed by atoms with E-state index in [1.165, 1.54) is 29.2 Å². The number of ether oxygens (including phenoxy) is 3. The van der Waals surface area contributed by atoms with Gasteiger partial charge in [0.2, 0.25) is 5.88 Å². The number of hydrogen-bond donors (Lipinski definition) is 1. The number of carbonyl (C=O) groups is 1. The van der Waals surface area contributed by atoms with Crippen molar-refractivity contribution in [3.63, 3.8) is 0 Å². The molecule has 1 unspecified atom stereocenters. The zero-order valence-electron chi connectivity index (χ0n) is 14.4. The third-order valence-corrected chi connectivity index (χ3v) is 3.75. The molecule has 1 aromatic heterocycles. The van der Waals surface area contributed by atoms with Gasteiger partial charge in [-0.1, -0.05) is 0 Å². The second-order valence-electron chi connectivity index (χ2n) is 5.79. The van der Waals surface area contributed by atoms with Crippen LogP contribution in [0.1, 0.15) is 0 Å². The first-order valence-electron chi connectivity index (χ1n) is 8.22. The van der Waals surface area contributed by atoms with Gasteiger partial charge in [-0.2, -0.15) is 0 Å². The molecule has 1 fully saturated rings. The first-order chi connectivity index (χ1) is 12.6. The van der Waals surface area contributed by atoms with Gasteiger partial charge in [-0.15, -0.1) is 0 Å². The number of halogens is 1. The SMILES string of the molecule is CN(CC1COCCO1)C(=O)Nc1cccnc1Oc1ccc(F)cc1. The van der Waals surface area contributed by atoms with Crippen molar-refractivity contribution < 1.29 is 23.4 Å². The van der Waals surface area contributed by atoms with Crippen LogP contribution in [0.15, 0.2) is 42.6 Å². The largest absolute Gasteiger partial charge is 0.437 e. The lowest BCUT2D eigenvalue weighted by molar-refractivity contribution is -0.0925. The van der Waals surface area contributed by atoms with Crippen LogP contribution in [0.25, 0.3) is 0 Å². The van der Waals surface area contributed by atoms with Gasteiger partial charge >= 0.3 is 6.03 Å². The Hall–Kier alpha value is -2.71. The number of amides is 2. The van der Waals surface area contributed by atoms with Crippen LogP contribution in [0.4, 0.5) is 14.9 Å². The van der Waals surface area contributed by atoms with Gasteiger partial charge < -0.3 is 24.4 Å². The number of pyridine rings is 1. The summed E-state index contributed by atoms with van der Waals surface area (Å²) in [5.41, 5.74) is 0.412. The first-order valence-corrected chi connectivity index (χ1v) is 8.22. The van der Waals surface area contributed by atoms with Gasteiger partial charge in [0.1, 0.15) is 17.3 Å². The molecule has 8 heteroatoms. The Morgan fingerprint density at radius 3 is 2.88 bits per heavy atom. The van der Waals surface area contributed by atoms with Crippen LogP contribution in [0.5, 0.6) is 11.6 Å². The van der Waals surface area contributed by atoms with Crippen molar-refractivity contribution in [3.05, 3.63) is 48.4 Å². The van der Waals surface area contributed by atoms with E-state index in [-0.39, 0.29) is 23.8 Å². The summed E-state index contributed by atoms with van der Waals surface area (Å²) < 4.78 is 29.5. The van der Waals surface area contributed by atoms with E-state index in [2.05, 4.69) is 10.3 Å². The fraction of sp³-hybridized carbons (Fsp3) is 0.333. The highest BCUT2D eigenvalue weighted by Gasteiger charge is 2.20. The number of carbonyl (C=O) groups excluding carboxylic acids is 1. The molecule has 2 amide bonds. The highest BCUT2D eigenvalue weighted by molar-refractivity contribution is 5.90. The van der Waals surface area contributed by atoms with Crippen molar-refractivity contribution in [2.75, 3.05) is 38.7 Å². The zero-order chi connectivity index (χ0) is 18.4. The molecule has 138 valence electrons. The monoisotopic (exact) mass is 361 g/mol. The van der Waals surface area contributed by atoms with Gasteiger partial charge in [-0.25, -0.2) is 14.2 Å². The van der Waals surface area contributed by atoms with Gasteiger partial charge in [0.25, 0.3) is 0 Å². The second-order valence-corrected chi connectivity index (χ2v) is 5.79. The number of likely N-dealkylation sites (N-methyl/N-ethyl adjacent to an activating group) is 1. The molecule has 2 heterocycles. The van der Waals surface area contributed by atoms with Crippen molar-refractivity contribution in [2.24, 2.45) is 0 Å². The molecule has 1 aromatic carbocycles. The molecule has 0 saturated carbocycles. The van der Waals surface area contributed by atoms with Gasteiger partial charge in [0.15, 0.2) is 0 Å². The maximum Gasteiger partial charge on any atom is 0.321 e. The van der Waals surface area contributed by atoms with E-state index in [0.29, 0.717) is 37.8 Å². The molecular weight excluding hydrogens is 341 g/mol. The quantitative estimate of drug-likeness (QED) is 0.887. The molecular formula is C18H20FN3O4. The number of anilines is 1. The highest BCUT2D eigenvalue weighted by atomic mass is 19.1. The standard InChI is InChI=1S/C18H20FN3O4/c1-22(11-15-12-24-9-10-25-15)18(23)21-16-3-2-8-20-17(16)26-14-6-4-13(19)5-7-14/h2-8,15H,9-12H2,1H3,(H,21,23). The van der Waals surface area contributed by atoms with Gasteiger partial charge in [-0.05, 0) is 36.4 Å². The zero-order valence-corrected chi connectivity index (χ0v) is 14.4. The minimum absolute atomic E-state index is 0.150. The van der Waals surface area contributed by atoms with E-state index in [9.17, 15) is 9.18 Å². The smallest absolute Gasteiger partial charge is 0.321 e. The molecule has 1 aliphatic heterocycles. The van der Waals surface area contributed by atoms with Crippen LogP contribution in [0.3, 0.4) is 0 Å². The summed E-state index contributed by atoms with van der Waals surface area (Å²) in [6, 6.07) is 8.59. The van der Waals surface area contributed by atoms with Crippen molar-refractivity contribution in [2.45, 2.75) is 6.10 Å². The number of benzene rings is 1. The van der Waals surface area contributed by atoms with E-state index in [1.54, 1.807) is 25.4 Å². The molecule has 1 saturated heterocycles.